The molecular formula is C10H12BrFN2O2S. The fraction of sp³-hybridized carbons (Fsp3) is 0.500. The average molecular weight is 323 g/mol. The summed E-state index contributed by atoms with van der Waals surface area (Å²) in [6.07, 6.45) is 0. The van der Waals surface area contributed by atoms with E-state index in [1.807, 2.05) is 4.90 Å². The largest absolute Gasteiger partial charge is 0.295 e. The number of rotatable bonds is 2. The van der Waals surface area contributed by atoms with E-state index >= 15 is 0 Å². The second-order valence-electron chi connectivity index (χ2n) is 3.99. The van der Waals surface area contributed by atoms with E-state index in [1.54, 1.807) is 6.07 Å². The quantitative estimate of drug-likeness (QED) is 0.768. The lowest BCUT2D eigenvalue weighted by atomic mass is 10.3. The highest BCUT2D eigenvalue weighted by molar-refractivity contribution is 9.10. The molecule has 1 aliphatic rings. The van der Waals surface area contributed by atoms with Crippen LogP contribution >= 0.6 is 15.9 Å². The van der Waals surface area contributed by atoms with Crippen LogP contribution in [-0.2, 0) is 16.4 Å². The van der Waals surface area contributed by atoms with Gasteiger partial charge in [-0.15, -0.1) is 0 Å². The molecule has 94 valence electrons. The summed E-state index contributed by atoms with van der Waals surface area (Å²) in [5, 5.41) is 0. The van der Waals surface area contributed by atoms with Crippen LogP contribution < -0.4 is 0 Å². The van der Waals surface area contributed by atoms with Gasteiger partial charge in [0.25, 0.3) is 0 Å². The Morgan fingerprint density at radius 3 is 2.65 bits per heavy atom. The van der Waals surface area contributed by atoms with Gasteiger partial charge < -0.3 is 0 Å². The molecule has 1 fully saturated rings. The maximum absolute atomic E-state index is 13.4. The zero-order valence-electron chi connectivity index (χ0n) is 9.07. The van der Waals surface area contributed by atoms with E-state index in [-0.39, 0.29) is 17.3 Å². The maximum Gasteiger partial charge on any atom is 0.152 e. The smallest absolute Gasteiger partial charge is 0.152 e. The summed E-state index contributed by atoms with van der Waals surface area (Å²) in [4.78, 5) is 5.96. The zero-order chi connectivity index (χ0) is 12.5. The summed E-state index contributed by atoms with van der Waals surface area (Å²) in [7, 11) is -2.89. The minimum absolute atomic E-state index is 0.141. The molecule has 0 bridgehead atoms. The molecular weight excluding hydrogens is 311 g/mol. The third-order valence-corrected chi connectivity index (χ3v) is 4.75. The number of hydrogen-bond donors (Lipinski definition) is 0. The number of halogens is 2. The van der Waals surface area contributed by atoms with Gasteiger partial charge >= 0.3 is 0 Å². The number of nitrogens with zero attached hydrogens (tertiary/aromatic N) is 2. The van der Waals surface area contributed by atoms with Crippen LogP contribution in [0.5, 0.6) is 0 Å². The van der Waals surface area contributed by atoms with Crippen LogP contribution in [0.2, 0.25) is 0 Å². The summed E-state index contributed by atoms with van der Waals surface area (Å²) in [6, 6.07) is 2.90. The number of pyridine rings is 1. The van der Waals surface area contributed by atoms with Crippen molar-refractivity contribution in [2.45, 2.75) is 6.54 Å². The van der Waals surface area contributed by atoms with Gasteiger partial charge in [0.15, 0.2) is 9.84 Å². The van der Waals surface area contributed by atoms with E-state index in [9.17, 15) is 12.8 Å². The predicted octanol–water partition coefficient (Wildman–Crippen LogP) is 1.21. The van der Waals surface area contributed by atoms with Crippen LogP contribution in [0.4, 0.5) is 4.39 Å². The lowest BCUT2D eigenvalue weighted by Crippen LogP contribution is -2.40. The standard InChI is InChI=1S/C10H12BrFN2O2S/c11-10-2-1-8(12)9(13-10)7-14-3-5-17(15,16)6-4-14/h1-2H,3-7H2. The normalized spacial score (nSPS) is 20.4. The monoisotopic (exact) mass is 322 g/mol. The van der Waals surface area contributed by atoms with Crippen LogP contribution in [0.3, 0.4) is 0 Å². The van der Waals surface area contributed by atoms with E-state index in [0.29, 0.717) is 29.9 Å². The van der Waals surface area contributed by atoms with Gasteiger partial charge in [-0.2, -0.15) is 0 Å². The molecule has 4 nitrogen and oxygen atoms in total. The first-order valence-corrected chi connectivity index (χ1v) is 7.81. The molecule has 1 saturated heterocycles. The summed E-state index contributed by atoms with van der Waals surface area (Å²) < 4.78 is 36.5. The molecule has 0 spiro atoms. The van der Waals surface area contributed by atoms with Crippen molar-refractivity contribution in [3.63, 3.8) is 0 Å². The van der Waals surface area contributed by atoms with Gasteiger partial charge in [-0.05, 0) is 28.1 Å². The second-order valence-corrected chi connectivity index (χ2v) is 7.11. The van der Waals surface area contributed by atoms with Gasteiger partial charge in [-0.1, -0.05) is 0 Å². The van der Waals surface area contributed by atoms with E-state index in [4.69, 9.17) is 0 Å². The Balaban J connectivity index is 2.05. The lowest BCUT2D eigenvalue weighted by Gasteiger charge is -2.26. The fourth-order valence-electron chi connectivity index (χ4n) is 1.69. The van der Waals surface area contributed by atoms with Crippen molar-refractivity contribution in [1.82, 2.24) is 9.88 Å². The maximum atomic E-state index is 13.4. The molecule has 0 unspecified atom stereocenters. The van der Waals surface area contributed by atoms with Gasteiger partial charge in [-0.3, -0.25) is 4.90 Å². The van der Waals surface area contributed by atoms with E-state index in [2.05, 4.69) is 20.9 Å². The molecule has 0 saturated carbocycles. The van der Waals surface area contributed by atoms with Crippen LogP contribution in [-0.4, -0.2) is 42.9 Å². The van der Waals surface area contributed by atoms with Gasteiger partial charge in [0, 0.05) is 19.6 Å². The molecule has 17 heavy (non-hydrogen) atoms. The number of hydrogen-bond acceptors (Lipinski definition) is 4. The van der Waals surface area contributed by atoms with Crippen LogP contribution in [0.25, 0.3) is 0 Å². The van der Waals surface area contributed by atoms with Crippen molar-refractivity contribution in [3.05, 3.63) is 28.2 Å². The lowest BCUT2D eigenvalue weighted by molar-refractivity contribution is 0.279. The highest BCUT2D eigenvalue weighted by Gasteiger charge is 2.22. The average Bonchev–Trinajstić information content (AvgIpc) is 2.26. The Kier molecular flexibility index (Phi) is 3.79. The van der Waals surface area contributed by atoms with Crippen LogP contribution in [0.15, 0.2) is 16.7 Å². The molecule has 2 rings (SSSR count). The van der Waals surface area contributed by atoms with Crippen LogP contribution in [0, 0.1) is 5.82 Å². The summed E-state index contributed by atoms with van der Waals surface area (Å²) in [5.74, 6) is -0.0766. The third kappa shape index (κ3) is 3.46. The highest BCUT2D eigenvalue weighted by Crippen LogP contribution is 2.14. The summed E-state index contributed by atoms with van der Waals surface area (Å²) in [6.45, 7) is 1.23. The van der Waals surface area contributed by atoms with Crippen molar-refractivity contribution < 1.29 is 12.8 Å². The molecule has 1 aliphatic heterocycles. The second kappa shape index (κ2) is 4.99. The molecule has 0 amide bonds. The molecule has 2 heterocycles. The highest BCUT2D eigenvalue weighted by atomic mass is 79.9. The first-order chi connectivity index (χ1) is 7.96. The first-order valence-electron chi connectivity index (χ1n) is 5.20. The minimum Gasteiger partial charge on any atom is -0.295 e. The van der Waals surface area contributed by atoms with E-state index in [0.717, 1.165) is 0 Å². The number of aromatic nitrogens is 1. The van der Waals surface area contributed by atoms with Crippen molar-refractivity contribution in [3.8, 4) is 0 Å². The number of sulfone groups is 1. The van der Waals surface area contributed by atoms with Gasteiger partial charge in [0.1, 0.15) is 10.4 Å². The van der Waals surface area contributed by atoms with Gasteiger partial charge in [-0.25, -0.2) is 17.8 Å². The Morgan fingerprint density at radius 1 is 1.35 bits per heavy atom. The minimum atomic E-state index is -2.89. The Bertz CT molecular complexity index is 507. The van der Waals surface area contributed by atoms with Crippen LogP contribution in [0.1, 0.15) is 5.69 Å². The molecule has 1 aromatic rings. The topological polar surface area (TPSA) is 50.3 Å². The Hall–Kier alpha value is -0.530. The molecule has 7 heteroatoms. The van der Waals surface area contributed by atoms with Crippen molar-refractivity contribution >= 4 is 25.8 Å². The third-order valence-electron chi connectivity index (χ3n) is 2.70. The van der Waals surface area contributed by atoms with Crippen molar-refractivity contribution in [1.29, 1.82) is 0 Å². The van der Waals surface area contributed by atoms with E-state index < -0.39 is 9.84 Å². The first kappa shape index (κ1) is 12.9. The Morgan fingerprint density at radius 2 is 2.00 bits per heavy atom. The Labute approximate surface area is 108 Å². The predicted molar refractivity (Wildman–Crippen MR) is 65.8 cm³/mol. The fourth-order valence-corrected chi connectivity index (χ4v) is 3.31. The van der Waals surface area contributed by atoms with Gasteiger partial charge in [0.2, 0.25) is 0 Å². The molecule has 0 aliphatic carbocycles. The zero-order valence-corrected chi connectivity index (χ0v) is 11.5. The van der Waals surface area contributed by atoms with E-state index in [1.165, 1.54) is 6.07 Å². The molecule has 1 aromatic heterocycles. The summed E-state index contributed by atoms with van der Waals surface area (Å²) in [5.41, 5.74) is 0.346. The van der Waals surface area contributed by atoms with Gasteiger partial charge in [0.05, 0.1) is 17.2 Å². The molecule has 0 aromatic carbocycles. The molecule has 0 radical (unpaired) electrons. The van der Waals surface area contributed by atoms with Crippen molar-refractivity contribution in [2.24, 2.45) is 0 Å². The molecule has 0 atom stereocenters. The van der Waals surface area contributed by atoms with Crippen molar-refractivity contribution in [2.75, 3.05) is 24.6 Å². The summed E-state index contributed by atoms with van der Waals surface area (Å²) >= 11 is 3.19. The molecule has 0 N–H and O–H groups in total. The SMILES string of the molecule is O=S1(=O)CCN(Cc2nc(Br)ccc2F)CC1.